The Morgan fingerprint density at radius 1 is 0.727 bits per heavy atom. The molecule has 1 amide bonds. The van der Waals surface area contributed by atoms with Crippen molar-refractivity contribution in [2.75, 3.05) is 5.32 Å². The van der Waals surface area contributed by atoms with Gasteiger partial charge >= 0.3 is 0 Å². The number of nitrogens with one attached hydrogen (secondary N) is 1. The van der Waals surface area contributed by atoms with Gasteiger partial charge in [-0.05, 0) is 22.8 Å². The first-order valence-electron chi connectivity index (χ1n) is 7.27. The molecule has 0 aliphatic heterocycles. The molecule has 0 aromatic heterocycles. The number of anilines is 1. The fourth-order valence-corrected chi connectivity index (χ4v) is 2.62. The number of amides is 1. The Morgan fingerprint density at radius 3 is 1.91 bits per heavy atom. The normalized spacial score (nSPS) is 10.2. The van der Waals surface area contributed by atoms with Crippen LogP contribution in [0.25, 0.3) is 22.3 Å². The van der Waals surface area contributed by atoms with Crippen molar-refractivity contribution in [3.63, 3.8) is 0 Å². The fraction of sp³-hybridized carbons (Fsp3) is 0.0500. The van der Waals surface area contributed by atoms with Crippen molar-refractivity contribution < 1.29 is 4.79 Å². The van der Waals surface area contributed by atoms with Crippen molar-refractivity contribution in [3.05, 3.63) is 78.9 Å². The molecule has 0 atom stereocenters. The standard InChI is InChI=1S/C20H17NO/c1-15(22)21-19-14-8-13-18(16-9-4-2-5-10-16)20(19)17-11-6-3-7-12-17/h2-14H,1H3,(H,21,22). The number of hydrogen-bond acceptors (Lipinski definition) is 1. The highest BCUT2D eigenvalue weighted by Gasteiger charge is 2.12. The molecule has 2 nitrogen and oxygen atoms in total. The van der Waals surface area contributed by atoms with E-state index in [1.54, 1.807) is 0 Å². The zero-order valence-corrected chi connectivity index (χ0v) is 12.4. The van der Waals surface area contributed by atoms with Crippen molar-refractivity contribution in [1.82, 2.24) is 0 Å². The maximum atomic E-state index is 11.5. The predicted molar refractivity (Wildman–Crippen MR) is 91.6 cm³/mol. The Bertz CT molecular complexity index is 779. The third-order valence-corrected chi connectivity index (χ3v) is 3.52. The molecule has 0 heterocycles. The van der Waals surface area contributed by atoms with Crippen LogP contribution in [0.1, 0.15) is 6.92 Å². The predicted octanol–water partition coefficient (Wildman–Crippen LogP) is 4.98. The molecular weight excluding hydrogens is 270 g/mol. The summed E-state index contributed by atoms with van der Waals surface area (Å²) in [5.41, 5.74) is 5.21. The largest absolute Gasteiger partial charge is 0.326 e. The molecule has 0 spiro atoms. The van der Waals surface area contributed by atoms with Crippen LogP contribution in [-0.4, -0.2) is 5.91 Å². The first-order chi connectivity index (χ1) is 10.8. The zero-order valence-electron chi connectivity index (χ0n) is 12.4. The molecule has 108 valence electrons. The van der Waals surface area contributed by atoms with E-state index in [9.17, 15) is 4.79 Å². The monoisotopic (exact) mass is 287 g/mol. The smallest absolute Gasteiger partial charge is 0.221 e. The van der Waals surface area contributed by atoms with E-state index in [4.69, 9.17) is 0 Å². The number of carbonyl (C=O) groups is 1. The third kappa shape index (κ3) is 2.91. The molecule has 0 aliphatic carbocycles. The minimum absolute atomic E-state index is 0.0672. The molecule has 22 heavy (non-hydrogen) atoms. The van der Waals surface area contributed by atoms with Crippen molar-refractivity contribution in [2.24, 2.45) is 0 Å². The first kappa shape index (κ1) is 14.1. The highest BCUT2D eigenvalue weighted by atomic mass is 16.1. The van der Waals surface area contributed by atoms with Crippen LogP contribution in [0.4, 0.5) is 5.69 Å². The highest BCUT2D eigenvalue weighted by Crippen LogP contribution is 2.37. The van der Waals surface area contributed by atoms with Crippen LogP contribution in [0.2, 0.25) is 0 Å². The second-order valence-corrected chi connectivity index (χ2v) is 5.14. The van der Waals surface area contributed by atoms with Crippen LogP contribution in [-0.2, 0) is 4.79 Å². The third-order valence-electron chi connectivity index (χ3n) is 3.52. The van der Waals surface area contributed by atoms with Gasteiger partial charge in [-0.3, -0.25) is 4.79 Å². The lowest BCUT2D eigenvalue weighted by atomic mass is 9.93. The minimum Gasteiger partial charge on any atom is -0.326 e. The van der Waals surface area contributed by atoms with E-state index in [0.717, 1.165) is 27.9 Å². The number of hydrogen-bond donors (Lipinski definition) is 1. The SMILES string of the molecule is CC(=O)Nc1cccc(-c2ccccc2)c1-c1ccccc1. The van der Waals surface area contributed by atoms with Gasteiger partial charge in [0.25, 0.3) is 0 Å². The van der Waals surface area contributed by atoms with E-state index in [1.165, 1.54) is 6.92 Å². The molecule has 0 fully saturated rings. The Labute approximate surface area is 130 Å². The zero-order chi connectivity index (χ0) is 15.4. The summed E-state index contributed by atoms with van der Waals surface area (Å²) in [5.74, 6) is -0.0672. The first-order valence-corrected chi connectivity index (χ1v) is 7.27. The lowest BCUT2D eigenvalue weighted by Crippen LogP contribution is -2.07. The maximum absolute atomic E-state index is 11.5. The van der Waals surface area contributed by atoms with Crippen LogP contribution in [0.3, 0.4) is 0 Å². The lowest BCUT2D eigenvalue weighted by Gasteiger charge is -2.16. The Balaban J connectivity index is 2.24. The van der Waals surface area contributed by atoms with Crippen molar-refractivity contribution >= 4 is 11.6 Å². The van der Waals surface area contributed by atoms with Gasteiger partial charge in [0.15, 0.2) is 0 Å². The van der Waals surface area contributed by atoms with Crippen molar-refractivity contribution in [3.8, 4) is 22.3 Å². The van der Waals surface area contributed by atoms with Gasteiger partial charge in [-0.2, -0.15) is 0 Å². The molecular formula is C20H17NO. The minimum atomic E-state index is -0.0672. The van der Waals surface area contributed by atoms with Gasteiger partial charge in [-0.25, -0.2) is 0 Å². The number of carbonyl (C=O) groups excluding carboxylic acids is 1. The quantitative estimate of drug-likeness (QED) is 0.723. The van der Waals surface area contributed by atoms with Gasteiger partial charge in [-0.15, -0.1) is 0 Å². The highest BCUT2D eigenvalue weighted by molar-refractivity contribution is 5.99. The summed E-state index contributed by atoms with van der Waals surface area (Å²) in [6, 6.07) is 26.3. The van der Waals surface area contributed by atoms with E-state index in [0.29, 0.717) is 0 Å². The molecule has 0 unspecified atom stereocenters. The van der Waals surface area contributed by atoms with Gasteiger partial charge in [0.1, 0.15) is 0 Å². The van der Waals surface area contributed by atoms with Crippen LogP contribution in [0.15, 0.2) is 78.9 Å². The Morgan fingerprint density at radius 2 is 1.32 bits per heavy atom. The van der Waals surface area contributed by atoms with Crippen molar-refractivity contribution in [1.29, 1.82) is 0 Å². The Kier molecular flexibility index (Phi) is 4.01. The summed E-state index contributed by atoms with van der Waals surface area (Å²) in [4.78, 5) is 11.5. The van der Waals surface area contributed by atoms with E-state index >= 15 is 0 Å². The van der Waals surface area contributed by atoms with Gasteiger partial charge < -0.3 is 5.32 Å². The molecule has 0 saturated heterocycles. The molecule has 0 aliphatic rings. The maximum Gasteiger partial charge on any atom is 0.221 e. The van der Waals surface area contributed by atoms with Crippen LogP contribution < -0.4 is 5.32 Å². The van der Waals surface area contributed by atoms with Gasteiger partial charge in [-0.1, -0.05) is 72.8 Å². The molecule has 3 aromatic rings. The van der Waals surface area contributed by atoms with Crippen LogP contribution >= 0.6 is 0 Å². The lowest BCUT2D eigenvalue weighted by molar-refractivity contribution is -0.114. The summed E-state index contributed by atoms with van der Waals surface area (Å²) >= 11 is 0. The summed E-state index contributed by atoms with van der Waals surface area (Å²) < 4.78 is 0. The van der Waals surface area contributed by atoms with Crippen molar-refractivity contribution in [2.45, 2.75) is 6.92 Å². The average molecular weight is 287 g/mol. The van der Waals surface area contributed by atoms with Crippen LogP contribution in [0, 0.1) is 0 Å². The molecule has 0 bridgehead atoms. The topological polar surface area (TPSA) is 29.1 Å². The second kappa shape index (κ2) is 6.27. The van der Waals surface area contributed by atoms with E-state index in [2.05, 4.69) is 35.6 Å². The van der Waals surface area contributed by atoms with Gasteiger partial charge in [0, 0.05) is 18.2 Å². The molecule has 0 radical (unpaired) electrons. The second-order valence-electron chi connectivity index (χ2n) is 5.14. The summed E-state index contributed by atoms with van der Waals surface area (Å²) in [7, 11) is 0. The molecule has 0 saturated carbocycles. The van der Waals surface area contributed by atoms with E-state index < -0.39 is 0 Å². The number of benzene rings is 3. The van der Waals surface area contributed by atoms with Crippen LogP contribution in [0.5, 0.6) is 0 Å². The number of rotatable bonds is 3. The molecule has 2 heteroatoms. The average Bonchev–Trinajstić information content (AvgIpc) is 2.56. The van der Waals surface area contributed by atoms with E-state index in [1.807, 2.05) is 48.5 Å². The molecule has 3 rings (SSSR count). The van der Waals surface area contributed by atoms with Gasteiger partial charge in [0.2, 0.25) is 5.91 Å². The summed E-state index contributed by atoms with van der Waals surface area (Å²) in [6.07, 6.45) is 0. The summed E-state index contributed by atoms with van der Waals surface area (Å²) in [5, 5.41) is 2.94. The van der Waals surface area contributed by atoms with E-state index in [-0.39, 0.29) is 5.91 Å². The van der Waals surface area contributed by atoms with Gasteiger partial charge in [0.05, 0.1) is 0 Å². The fourth-order valence-electron chi connectivity index (χ4n) is 2.62. The molecule has 3 aromatic carbocycles. The summed E-state index contributed by atoms with van der Waals surface area (Å²) in [6.45, 7) is 1.53. The Hall–Kier alpha value is -2.87. The molecule has 1 N–H and O–H groups in total.